The van der Waals surface area contributed by atoms with E-state index in [1.807, 2.05) is 6.07 Å². The lowest BCUT2D eigenvalue weighted by molar-refractivity contribution is 0.574. The summed E-state index contributed by atoms with van der Waals surface area (Å²) in [6, 6.07) is 8.73. The molecule has 19 heavy (non-hydrogen) atoms. The fourth-order valence-corrected chi connectivity index (χ4v) is 2.78. The zero-order valence-electron chi connectivity index (χ0n) is 11.0. The maximum absolute atomic E-state index is 11.9. The first-order valence-corrected chi connectivity index (χ1v) is 7.90. The van der Waals surface area contributed by atoms with E-state index in [1.54, 1.807) is 24.3 Å². The van der Waals surface area contributed by atoms with Gasteiger partial charge >= 0.3 is 0 Å². The Morgan fingerprint density at radius 3 is 2.63 bits per heavy atom. The Kier molecular flexibility index (Phi) is 6.50. The Balaban J connectivity index is 2.53. The van der Waals surface area contributed by atoms with Gasteiger partial charge in [-0.1, -0.05) is 25.1 Å². The van der Waals surface area contributed by atoms with Crippen LogP contribution in [0, 0.1) is 11.3 Å². The van der Waals surface area contributed by atoms with E-state index >= 15 is 0 Å². The molecule has 0 unspecified atom stereocenters. The summed E-state index contributed by atoms with van der Waals surface area (Å²) in [7, 11) is -3.40. The van der Waals surface area contributed by atoms with Crippen LogP contribution in [0.5, 0.6) is 0 Å². The van der Waals surface area contributed by atoms with E-state index in [-0.39, 0.29) is 5.75 Å². The number of nitrogens with one attached hydrogen (secondary N) is 2. The highest BCUT2D eigenvalue weighted by molar-refractivity contribution is 7.88. The van der Waals surface area contributed by atoms with Crippen LogP contribution >= 0.6 is 0 Å². The molecule has 1 rings (SSSR count). The molecule has 1 aromatic rings. The van der Waals surface area contributed by atoms with E-state index in [0.29, 0.717) is 24.2 Å². The van der Waals surface area contributed by atoms with Crippen molar-refractivity contribution in [2.75, 3.05) is 19.6 Å². The normalized spacial score (nSPS) is 11.2. The third-order valence-corrected chi connectivity index (χ3v) is 3.87. The lowest BCUT2D eigenvalue weighted by Crippen LogP contribution is -2.33. The largest absolute Gasteiger partial charge is 0.315 e. The maximum atomic E-state index is 11.9. The second-order valence-corrected chi connectivity index (χ2v) is 5.98. The molecule has 0 radical (unpaired) electrons. The van der Waals surface area contributed by atoms with Gasteiger partial charge in [0, 0.05) is 13.1 Å². The van der Waals surface area contributed by atoms with E-state index in [0.717, 1.165) is 13.0 Å². The zero-order valence-corrected chi connectivity index (χ0v) is 11.8. The number of nitrogens with zero attached hydrogens (tertiary/aromatic N) is 1. The van der Waals surface area contributed by atoms with Crippen molar-refractivity contribution in [2.45, 2.75) is 19.1 Å². The molecule has 6 heteroatoms. The molecule has 0 aliphatic heterocycles. The van der Waals surface area contributed by atoms with Crippen molar-refractivity contribution in [1.82, 2.24) is 10.0 Å². The van der Waals surface area contributed by atoms with Crippen molar-refractivity contribution in [3.8, 4) is 6.07 Å². The molecule has 0 bridgehead atoms. The fourth-order valence-electron chi connectivity index (χ4n) is 1.61. The van der Waals surface area contributed by atoms with Crippen molar-refractivity contribution in [3.63, 3.8) is 0 Å². The third-order valence-electron chi connectivity index (χ3n) is 2.53. The van der Waals surface area contributed by atoms with Crippen molar-refractivity contribution < 1.29 is 8.42 Å². The summed E-state index contributed by atoms with van der Waals surface area (Å²) in [6.45, 7) is 3.89. The van der Waals surface area contributed by atoms with Crippen molar-refractivity contribution in [2.24, 2.45) is 0 Å². The summed E-state index contributed by atoms with van der Waals surface area (Å²) in [4.78, 5) is 0. The van der Waals surface area contributed by atoms with Crippen LogP contribution in [0.3, 0.4) is 0 Å². The molecule has 0 amide bonds. The molecule has 0 aromatic heterocycles. The van der Waals surface area contributed by atoms with Crippen molar-refractivity contribution in [3.05, 3.63) is 35.4 Å². The molecule has 0 saturated heterocycles. The van der Waals surface area contributed by atoms with Crippen LogP contribution in [0.2, 0.25) is 0 Å². The number of nitriles is 1. The van der Waals surface area contributed by atoms with Gasteiger partial charge < -0.3 is 5.32 Å². The Labute approximate surface area is 114 Å². The molecule has 104 valence electrons. The van der Waals surface area contributed by atoms with Crippen LogP contribution in [0.1, 0.15) is 24.5 Å². The molecule has 0 saturated carbocycles. The summed E-state index contributed by atoms with van der Waals surface area (Å²) in [5, 5.41) is 12.0. The van der Waals surface area contributed by atoms with Gasteiger partial charge in [-0.05, 0) is 24.6 Å². The first-order chi connectivity index (χ1) is 9.09. The zero-order chi connectivity index (χ0) is 14.1. The van der Waals surface area contributed by atoms with Gasteiger partial charge in [-0.25, -0.2) is 13.1 Å². The number of sulfonamides is 1. The first-order valence-electron chi connectivity index (χ1n) is 6.25. The Hall–Kier alpha value is -1.42. The molecule has 0 spiro atoms. The molecule has 0 atom stereocenters. The Bertz CT molecular complexity index is 535. The van der Waals surface area contributed by atoms with Crippen molar-refractivity contribution in [1.29, 1.82) is 5.26 Å². The topological polar surface area (TPSA) is 82.0 Å². The fraction of sp³-hybridized carbons (Fsp3) is 0.462. The number of rotatable bonds is 8. The monoisotopic (exact) mass is 281 g/mol. The predicted octanol–water partition coefficient (Wildman–Crippen LogP) is 0.977. The van der Waals surface area contributed by atoms with E-state index in [4.69, 9.17) is 5.26 Å². The minimum atomic E-state index is -3.40. The van der Waals surface area contributed by atoms with E-state index in [9.17, 15) is 8.42 Å². The lowest BCUT2D eigenvalue weighted by atomic mass is 10.1. The molecular weight excluding hydrogens is 262 g/mol. The second kappa shape index (κ2) is 7.89. The Morgan fingerprint density at radius 1 is 1.21 bits per heavy atom. The highest BCUT2D eigenvalue weighted by atomic mass is 32.2. The highest BCUT2D eigenvalue weighted by Crippen LogP contribution is 2.10. The van der Waals surface area contributed by atoms with Crippen molar-refractivity contribution >= 4 is 10.0 Å². The van der Waals surface area contributed by atoms with Gasteiger partial charge in [0.2, 0.25) is 10.0 Å². The summed E-state index contributed by atoms with van der Waals surface area (Å²) < 4.78 is 26.2. The van der Waals surface area contributed by atoms with Gasteiger partial charge in [0.15, 0.2) is 0 Å². The molecule has 0 aliphatic rings. The van der Waals surface area contributed by atoms with Gasteiger partial charge in [-0.2, -0.15) is 5.26 Å². The number of hydrogen-bond acceptors (Lipinski definition) is 4. The second-order valence-electron chi connectivity index (χ2n) is 4.17. The van der Waals surface area contributed by atoms with Gasteiger partial charge in [0.05, 0.1) is 17.4 Å². The van der Waals surface area contributed by atoms with Gasteiger partial charge in [0.1, 0.15) is 0 Å². The molecule has 5 nitrogen and oxygen atoms in total. The van der Waals surface area contributed by atoms with Crippen LogP contribution in [0.15, 0.2) is 24.3 Å². The van der Waals surface area contributed by atoms with Gasteiger partial charge in [0.25, 0.3) is 0 Å². The molecule has 2 N–H and O–H groups in total. The molecule has 1 aromatic carbocycles. The minimum Gasteiger partial charge on any atom is -0.315 e. The van der Waals surface area contributed by atoms with E-state index < -0.39 is 10.0 Å². The smallest absolute Gasteiger partial charge is 0.215 e. The predicted molar refractivity (Wildman–Crippen MR) is 74.9 cm³/mol. The quantitative estimate of drug-likeness (QED) is 0.696. The van der Waals surface area contributed by atoms with Gasteiger partial charge in [-0.3, -0.25) is 0 Å². The standard InChI is InChI=1S/C13H19N3O2S/c1-2-7-15-8-9-16-19(17,18)11-13-6-4-3-5-12(13)10-14/h3-6,15-16H,2,7-9,11H2,1H3. The minimum absolute atomic E-state index is 0.162. The average molecular weight is 281 g/mol. The van der Waals surface area contributed by atoms with E-state index in [1.165, 1.54) is 0 Å². The third kappa shape index (κ3) is 5.83. The maximum Gasteiger partial charge on any atom is 0.215 e. The lowest BCUT2D eigenvalue weighted by Gasteiger charge is -2.08. The van der Waals surface area contributed by atoms with Crippen LogP contribution in [-0.2, 0) is 15.8 Å². The molecule has 0 heterocycles. The highest BCUT2D eigenvalue weighted by Gasteiger charge is 2.13. The summed E-state index contributed by atoms with van der Waals surface area (Å²) >= 11 is 0. The average Bonchev–Trinajstić information content (AvgIpc) is 2.38. The molecule has 0 aliphatic carbocycles. The number of hydrogen-bond donors (Lipinski definition) is 2. The Morgan fingerprint density at radius 2 is 1.95 bits per heavy atom. The summed E-state index contributed by atoms with van der Waals surface area (Å²) in [6.07, 6.45) is 1.02. The molecular formula is C13H19N3O2S. The summed E-state index contributed by atoms with van der Waals surface area (Å²) in [5.41, 5.74) is 0.927. The van der Waals surface area contributed by atoms with Crippen LogP contribution < -0.4 is 10.0 Å². The van der Waals surface area contributed by atoms with E-state index in [2.05, 4.69) is 17.0 Å². The SMILES string of the molecule is CCCNCCNS(=O)(=O)Cc1ccccc1C#N. The first kappa shape index (κ1) is 15.6. The van der Waals surface area contributed by atoms with Gasteiger partial charge in [-0.15, -0.1) is 0 Å². The number of benzene rings is 1. The van der Waals surface area contributed by atoms with Crippen LogP contribution in [0.25, 0.3) is 0 Å². The molecule has 0 fully saturated rings. The van der Waals surface area contributed by atoms with Crippen LogP contribution in [0.4, 0.5) is 0 Å². The summed E-state index contributed by atoms with van der Waals surface area (Å²) in [5.74, 6) is -0.162. The van der Waals surface area contributed by atoms with Crippen LogP contribution in [-0.4, -0.2) is 28.1 Å².